The van der Waals surface area contributed by atoms with Gasteiger partial charge in [0.15, 0.2) is 0 Å². The molecule has 0 heterocycles. The number of rotatable bonds is 10. The van der Waals surface area contributed by atoms with Gasteiger partial charge in [0.2, 0.25) is 11.8 Å². The number of carbonyl (C=O) groups is 2. The molecule has 2 amide bonds. The van der Waals surface area contributed by atoms with Gasteiger partial charge in [-0.1, -0.05) is 24.3 Å². The molecule has 2 N–H and O–H groups in total. The zero-order chi connectivity index (χ0) is 20.9. The number of para-hydroxylation sites is 2. The van der Waals surface area contributed by atoms with Crippen LogP contribution in [0, 0.1) is 0 Å². The van der Waals surface area contributed by atoms with Crippen LogP contribution in [0.25, 0.3) is 0 Å². The van der Waals surface area contributed by atoms with E-state index in [0.29, 0.717) is 24.7 Å². The SMILES string of the molecule is CCOc1ccccc1/C=N\NC(=O)CC(=O)N/N=C\c1ccccc1OCC. The van der Waals surface area contributed by atoms with Crippen LogP contribution in [0.15, 0.2) is 58.7 Å². The minimum Gasteiger partial charge on any atom is -0.493 e. The van der Waals surface area contributed by atoms with Gasteiger partial charge >= 0.3 is 0 Å². The van der Waals surface area contributed by atoms with Gasteiger partial charge in [0.25, 0.3) is 0 Å². The van der Waals surface area contributed by atoms with Crippen molar-refractivity contribution in [3.05, 3.63) is 59.7 Å². The zero-order valence-electron chi connectivity index (χ0n) is 16.4. The van der Waals surface area contributed by atoms with Crippen LogP contribution >= 0.6 is 0 Å². The van der Waals surface area contributed by atoms with Crippen molar-refractivity contribution >= 4 is 24.2 Å². The van der Waals surface area contributed by atoms with Crippen LogP contribution in [0.1, 0.15) is 31.4 Å². The Morgan fingerprint density at radius 1 is 0.793 bits per heavy atom. The van der Waals surface area contributed by atoms with Crippen molar-refractivity contribution in [3.8, 4) is 11.5 Å². The molecule has 0 aliphatic rings. The fourth-order valence-electron chi connectivity index (χ4n) is 2.32. The fraction of sp³-hybridized carbons (Fsp3) is 0.238. The van der Waals surface area contributed by atoms with Crippen LogP contribution in [0.5, 0.6) is 11.5 Å². The molecule has 0 bridgehead atoms. The number of benzene rings is 2. The van der Waals surface area contributed by atoms with E-state index in [4.69, 9.17) is 9.47 Å². The van der Waals surface area contributed by atoms with Gasteiger partial charge in [0.1, 0.15) is 17.9 Å². The minimum atomic E-state index is -0.558. The highest BCUT2D eigenvalue weighted by molar-refractivity contribution is 5.97. The summed E-state index contributed by atoms with van der Waals surface area (Å²) in [6.45, 7) is 4.80. The van der Waals surface area contributed by atoms with Gasteiger partial charge in [-0.25, -0.2) is 10.9 Å². The average molecular weight is 396 g/mol. The van der Waals surface area contributed by atoms with Crippen molar-refractivity contribution in [1.82, 2.24) is 10.9 Å². The van der Waals surface area contributed by atoms with Crippen LogP contribution in [0.4, 0.5) is 0 Å². The number of hydrogen-bond acceptors (Lipinski definition) is 6. The Morgan fingerprint density at radius 3 is 1.62 bits per heavy atom. The third-order valence-corrected chi connectivity index (χ3v) is 3.54. The summed E-state index contributed by atoms with van der Waals surface area (Å²) in [5.41, 5.74) is 6.05. The molecule has 0 fully saturated rings. The van der Waals surface area contributed by atoms with Gasteiger partial charge < -0.3 is 9.47 Å². The van der Waals surface area contributed by atoms with Gasteiger partial charge in [-0.3, -0.25) is 9.59 Å². The molecule has 0 spiro atoms. The second-order valence-corrected chi connectivity index (χ2v) is 5.70. The van der Waals surface area contributed by atoms with E-state index in [1.54, 1.807) is 0 Å². The number of hydrogen-bond donors (Lipinski definition) is 2. The maximum absolute atomic E-state index is 11.8. The summed E-state index contributed by atoms with van der Waals surface area (Å²) < 4.78 is 10.9. The normalized spacial score (nSPS) is 10.8. The molecular formula is C21H24N4O4. The predicted octanol–water partition coefficient (Wildman–Crippen LogP) is 2.47. The first kappa shape index (κ1) is 21.6. The van der Waals surface area contributed by atoms with E-state index < -0.39 is 18.2 Å². The molecule has 0 radical (unpaired) electrons. The number of nitrogens with zero attached hydrogens (tertiary/aromatic N) is 2. The van der Waals surface area contributed by atoms with E-state index >= 15 is 0 Å². The van der Waals surface area contributed by atoms with Crippen molar-refractivity contribution in [2.75, 3.05) is 13.2 Å². The first-order valence-corrected chi connectivity index (χ1v) is 9.21. The van der Waals surface area contributed by atoms with Crippen LogP contribution in [-0.2, 0) is 9.59 Å². The fourth-order valence-corrected chi connectivity index (χ4v) is 2.32. The van der Waals surface area contributed by atoms with Gasteiger partial charge in [-0.15, -0.1) is 0 Å². The Hall–Kier alpha value is -3.68. The average Bonchev–Trinajstić information content (AvgIpc) is 2.71. The molecule has 0 aliphatic heterocycles. The second kappa shape index (κ2) is 11.9. The van der Waals surface area contributed by atoms with E-state index in [1.807, 2.05) is 62.4 Å². The number of carbonyl (C=O) groups excluding carboxylic acids is 2. The molecule has 8 nitrogen and oxygen atoms in total. The summed E-state index contributed by atoms with van der Waals surface area (Å²) in [5.74, 6) is 0.204. The third-order valence-electron chi connectivity index (χ3n) is 3.54. The third kappa shape index (κ3) is 7.45. The van der Waals surface area contributed by atoms with Gasteiger partial charge in [0, 0.05) is 11.1 Å². The minimum absolute atomic E-state index is 0.408. The van der Waals surface area contributed by atoms with Gasteiger partial charge in [-0.05, 0) is 38.1 Å². The Balaban J connectivity index is 1.82. The van der Waals surface area contributed by atoms with E-state index in [-0.39, 0.29) is 0 Å². The summed E-state index contributed by atoms with van der Waals surface area (Å²) in [4.78, 5) is 23.7. The summed E-state index contributed by atoms with van der Waals surface area (Å²) in [6.07, 6.45) is 2.52. The molecular weight excluding hydrogens is 372 g/mol. The summed E-state index contributed by atoms with van der Waals surface area (Å²) in [6, 6.07) is 14.6. The van der Waals surface area contributed by atoms with Crippen molar-refractivity contribution in [3.63, 3.8) is 0 Å². The Bertz CT molecular complexity index is 809. The predicted molar refractivity (Wildman–Crippen MR) is 111 cm³/mol. The Kier molecular flexibility index (Phi) is 8.88. The molecule has 0 aliphatic carbocycles. The first-order chi connectivity index (χ1) is 14.1. The van der Waals surface area contributed by atoms with E-state index in [9.17, 15) is 9.59 Å². The van der Waals surface area contributed by atoms with Crippen molar-refractivity contribution in [1.29, 1.82) is 0 Å². The molecule has 152 valence electrons. The van der Waals surface area contributed by atoms with Crippen LogP contribution in [-0.4, -0.2) is 37.5 Å². The van der Waals surface area contributed by atoms with E-state index in [0.717, 1.165) is 11.1 Å². The second-order valence-electron chi connectivity index (χ2n) is 5.70. The number of nitrogens with one attached hydrogen (secondary N) is 2. The smallest absolute Gasteiger partial charge is 0.249 e. The summed E-state index contributed by atoms with van der Waals surface area (Å²) in [7, 11) is 0. The lowest BCUT2D eigenvalue weighted by Gasteiger charge is -2.06. The molecule has 8 heteroatoms. The number of hydrazone groups is 2. The molecule has 0 atom stereocenters. The Labute approximate surface area is 169 Å². The van der Waals surface area contributed by atoms with E-state index in [1.165, 1.54) is 12.4 Å². The highest BCUT2D eigenvalue weighted by Gasteiger charge is 2.08. The molecule has 0 saturated carbocycles. The summed E-state index contributed by atoms with van der Waals surface area (Å²) in [5, 5.41) is 7.72. The molecule has 0 aromatic heterocycles. The lowest BCUT2D eigenvalue weighted by Crippen LogP contribution is -2.27. The first-order valence-electron chi connectivity index (χ1n) is 9.21. The number of amides is 2. The maximum atomic E-state index is 11.8. The largest absolute Gasteiger partial charge is 0.493 e. The molecule has 2 aromatic carbocycles. The maximum Gasteiger partial charge on any atom is 0.249 e. The quantitative estimate of drug-likeness (QED) is 0.366. The lowest BCUT2D eigenvalue weighted by molar-refractivity contribution is -0.129. The highest BCUT2D eigenvalue weighted by atomic mass is 16.5. The molecule has 0 unspecified atom stereocenters. The molecule has 2 rings (SSSR count). The number of ether oxygens (including phenoxy) is 2. The van der Waals surface area contributed by atoms with Crippen molar-refractivity contribution in [2.24, 2.45) is 10.2 Å². The van der Waals surface area contributed by atoms with Crippen molar-refractivity contribution < 1.29 is 19.1 Å². The van der Waals surface area contributed by atoms with Gasteiger partial charge in [0.05, 0.1) is 25.6 Å². The van der Waals surface area contributed by atoms with Crippen LogP contribution in [0.2, 0.25) is 0 Å². The van der Waals surface area contributed by atoms with E-state index in [2.05, 4.69) is 21.1 Å². The monoisotopic (exact) mass is 396 g/mol. The Morgan fingerprint density at radius 2 is 1.21 bits per heavy atom. The molecule has 29 heavy (non-hydrogen) atoms. The highest BCUT2D eigenvalue weighted by Crippen LogP contribution is 2.16. The zero-order valence-corrected chi connectivity index (χ0v) is 16.4. The lowest BCUT2D eigenvalue weighted by atomic mass is 10.2. The topological polar surface area (TPSA) is 101 Å². The van der Waals surface area contributed by atoms with Crippen molar-refractivity contribution in [2.45, 2.75) is 20.3 Å². The summed E-state index contributed by atoms with van der Waals surface area (Å²) >= 11 is 0. The standard InChI is InChI=1S/C21H24N4O4/c1-3-28-18-11-7-5-9-16(18)14-22-24-20(26)13-21(27)25-23-15-17-10-6-8-12-19(17)29-4-2/h5-12,14-15H,3-4,13H2,1-2H3,(H,24,26)(H,25,27)/b22-14-,23-15-. The van der Waals surface area contributed by atoms with Gasteiger partial charge in [-0.2, -0.15) is 10.2 Å². The molecule has 2 aromatic rings. The van der Waals surface area contributed by atoms with Crippen LogP contribution < -0.4 is 20.3 Å². The van der Waals surface area contributed by atoms with Crippen LogP contribution in [0.3, 0.4) is 0 Å². The molecule has 0 saturated heterocycles.